The minimum atomic E-state index is -0.212. The van der Waals surface area contributed by atoms with E-state index >= 15 is 0 Å². The normalized spacial score (nSPS) is 18.8. The monoisotopic (exact) mass is 476 g/mol. The first-order valence-electron chi connectivity index (χ1n) is 12.0. The molecular weight excluding hydrogens is 444 g/mol. The number of anilines is 1. The van der Waals surface area contributed by atoms with Crippen molar-refractivity contribution in [1.82, 2.24) is 44.7 Å². The fraction of sp³-hybridized carbons (Fsp3) is 0.500. The summed E-state index contributed by atoms with van der Waals surface area (Å²) in [7, 11) is 1.90. The molecule has 0 bridgehead atoms. The van der Waals surface area contributed by atoms with Crippen molar-refractivity contribution in [3.05, 3.63) is 42.7 Å². The van der Waals surface area contributed by atoms with Gasteiger partial charge >= 0.3 is 0 Å². The van der Waals surface area contributed by atoms with Crippen molar-refractivity contribution < 1.29 is 4.79 Å². The zero-order chi connectivity index (χ0) is 24.7. The van der Waals surface area contributed by atoms with Gasteiger partial charge in [0, 0.05) is 38.4 Å². The predicted molar refractivity (Wildman–Crippen MR) is 132 cm³/mol. The topological polar surface area (TPSA) is 111 Å². The zero-order valence-electron chi connectivity index (χ0n) is 20.9. The number of nitrogens with one attached hydrogen (secondary N) is 1. The Bertz CT molecular complexity index is 1340. The van der Waals surface area contributed by atoms with E-state index in [0.717, 1.165) is 42.1 Å². The molecule has 0 aliphatic carbocycles. The second-order valence-corrected chi connectivity index (χ2v) is 10.4. The quantitative estimate of drug-likeness (QED) is 0.471. The van der Waals surface area contributed by atoms with Crippen LogP contribution >= 0.6 is 0 Å². The van der Waals surface area contributed by atoms with E-state index in [1.807, 2.05) is 57.0 Å². The molecule has 11 heteroatoms. The molecule has 5 rings (SSSR count). The highest BCUT2D eigenvalue weighted by Crippen LogP contribution is 2.30. The van der Waals surface area contributed by atoms with E-state index in [-0.39, 0.29) is 11.4 Å². The van der Waals surface area contributed by atoms with E-state index in [1.54, 1.807) is 21.8 Å². The summed E-state index contributed by atoms with van der Waals surface area (Å²) in [6.45, 7) is 10.6. The van der Waals surface area contributed by atoms with Crippen molar-refractivity contribution in [1.29, 1.82) is 0 Å². The van der Waals surface area contributed by atoms with Gasteiger partial charge in [-0.25, -0.2) is 14.2 Å². The van der Waals surface area contributed by atoms with Crippen molar-refractivity contribution in [2.75, 3.05) is 24.5 Å². The third kappa shape index (κ3) is 4.62. The minimum absolute atomic E-state index is 0.179. The van der Waals surface area contributed by atoms with Gasteiger partial charge in [0.1, 0.15) is 5.52 Å². The maximum absolute atomic E-state index is 12.6. The molecule has 0 unspecified atom stereocenters. The molecule has 1 fully saturated rings. The number of amides is 1. The molecule has 4 aromatic heterocycles. The van der Waals surface area contributed by atoms with Gasteiger partial charge < -0.3 is 10.2 Å². The summed E-state index contributed by atoms with van der Waals surface area (Å²) >= 11 is 0. The van der Waals surface area contributed by atoms with Crippen molar-refractivity contribution >= 4 is 17.2 Å². The molecule has 0 saturated carbocycles. The highest BCUT2D eigenvalue weighted by Gasteiger charge is 2.29. The van der Waals surface area contributed by atoms with Crippen molar-refractivity contribution in [3.8, 4) is 11.3 Å². The molecule has 0 aromatic carbocycles. The van der Waals surface area contributed by atoms with Crippen LogP contribution in [-0.2, 0) is 12.6 Å². The van der Waals surface area contributed by atoms with Gasteiger partial charge in [0.25, 0.3) is 5.91 Å². The summed E-state index contributed by atoms with van der Waals surface area (Å²) in [5.74, 6) is 1.50. The molecule has 0 spiro atoms. The van der Waals surface area contributed by atoms with E-state index in [2.05, 4.69) is 37.6 Å². The van der Waals surface area contributed by atoms with Crippen LogP contribution in [0.1, 0.15) is 44.6 Å². The van der Waals surface area contributed by atoms with Crippen LogP contribution in [0, 0.1) is 11.8 Å². The van der Waals surface area contributed by atoms with E-state index in [1.165, 1.54) is 0 Å². The summed E-state index contributed by atoms with van der Waals surface area (Å²) in [6, 6.07) is 2.00. The van der Waals surface area contributed by atoms with E-state index in [4.69, 9.17) is 4.98 Å². The number of hydrogen-bond donors (Lipinski definition) is 1. The van der Waals surface area contributed by atoms with Crippen LogP contribution in [0.15, 0.2) is 37.1 Å². The fourth-order valence-corrected chi connectivity index (χ4v) is 4.54. The lowest BCUT2D eigenvalue weighted by Gasteiger charge is -2.38. The van der Waals surface area contributed by atoms with Crippen molar-refractivity contribution in [2.45, 2.75) is 39.7 Å². The van der Waals surface area contributed by atoms with Gasteiger partial charge in [-0.2, -0.15) is 10.2 Å². The Hall–Kier alpha value is -3.76. The second kappa shape index (κ2) is 8.79. The molecule has 4 aromatic rings. The van der Waals surface area contributed by atoms with Gasteiger partial charge in [0.05, 0.1) is 36.0 Å². The van der Waals surface area contributed by atoms with Crippen LogP contribution in [0.4, 0.5) is 5.82 Å². The number of piperidine rings is 1. The van der Waals surface area contributed by atoms with Gasteiger partial charge in [0.15, 0.2) is 11.5 Å². The highest BCUT2D eigenvalue weighted by molar-refractivity contribution is 5.91. The SMILES string of the molecule is C[C@H]1CN(c2nc(-c3cnn(C)c3)cn3nccc23)CC[C@H]1CNC(=O)c1cn(C(C)(C)C)nn1. The predicted octanol–water partition coefficient (Wildman–Crippen LogP) is 2.37. The summed E-state index contributed by atoms with van der Waals surface area (Å²) in [6.07, 6.45) is 10.2. The molecular formula is C24H32N10O. The van der Waals surface area contributed by atoms with Gasteiger partial charge in [-0.3, -0.25) is 9.48 Å². The molecule has 1 N–H and O–H groups in total. The number of fused-ring (bicyclic) bond motifs is 1. The zero-order valence-corrected chi connectivity index (χ0v) is 20.9. The molecule has 0 radical (unpaired) electrons. The minimum Gasteiger partial charge on any atom is -0.355 e. The lowest BCUT2D eigenvalue weighted by Crippen LogP contribution is -2.44. The maximum Gasteiger partial charge on any atom is 0.273 e. The molecule has 184 valence electrons. The van der Waals surface area contributed by atoms with E-state index in [0.29, 0.717) is 24.1 Å². The van der Waals surface area contributed by atoms with Gasteiger partial charge in [0.2, 0.25) is 0 Å². The van der Waals surface area contributed by atoms with E-state index < -0.39 is 0 Å². The average Bonchev–Trinajstić information content (AvgIpc) is 3.57. The van der Waals surface area contributed by atoms with Crippen molar-refractivity contribution in [3.63, 3.8) is 0 Å². The molecule has 1 amide bonds. The fourth-order valence-electron chi connectivity index (χ4n) is 4.54. The number of carbonyl (C=O) groups is 1. The van der Waals surface area contributed by atoms with Crippen LogP contribution in [0.2, 0.25) is 0 Å². The Balaban J connectivity index is 1.27. The first-order chi connectivity index (χ1) is 16.7. The Morgan fingerprint density at radius 3 is 2.71 bits per heavy atom. The molecule has 1 aliphatic rings. The second-order valence-electron chi connectivity index (χ2n) is 10.4. The highest BCUT2D eigenvalue weighted by atomic mass is 16.2. The van der Waals surface area contributed by atoms with Crippen LogP contribution < -0.4 is 10.2 Å². The van der Waals surface area contributed by atoms with E-state index in [9.17, 15) is 4.79 Å². The lowest BCUT2D eigenvalue weighted by molar-refractivity contribution is 0.0934. The standard InChI is InChI=1S/C24H32N10O/c1-16-12-32(9-7-17(16)10-25-23(35)20-15-34(30-29-20)24(2,3)4)22-21-6-8-26-33(21)14-19(28-22)18-11-27-31(5)13-18/h6,8,11,13-17H,7,9-10,12H2,1-5H3,(H,25,35)/t16-,17-/m0/s1. The van der Waals surface area contributed by atoms with Crippen LogP contribution in [0.5, 0.6) is 0 Å². The van der Waals surface area contributed by atoms with Gasteiger partial charge in [-0.15, -0.1) is 5.10 Å². The number of hydrogen-bond acceptors (Lipinski definition) is 7. The smallest absolute Gasteiger partial charge is 0.273 e. The van der Waals surface area contributed by atoms with Crippen LogP contribution in [0.3, 0.4) is 0 Å². The first-order valence-corrected chi connectivity index (χ1v) is 12.0. The molecule has 1 aliphatic heterocycles. The molecule has 1 saturated heterocycles. The average molecular weight is 477 g/mol. The summed E-state index contributed by atoms with van der Waals surface area (Å²) in [4.78, 5) is 20.0. The molecule has 35 heavy (non-hydrogen) atoms. The molecule has 2 atom stereocenters. The Labute approximate surface area is 204 Å². The van der Waals surface area contributed by atoms with Gasteiger partial charge in [-0.1, -0.05) is 12.1 Å². The van der Waals surface area contributed by atoms with Crippen LogP contribution in [0.25, 0.3) is 16.8 Å². The number of carbonyl (C=O) groups excluding carboxylic acids is 1. The summed E-state index contributed by atoms with van der Waals surface area (Å²) in [5, 5.41) is 19.9. The molecule has 5 heterocycles. The maximum atomic E-state index is 12.6. The number of nitrogens with zero attached hydrogens (tertiary/aromatic N) is 9. The third-order valence-electron chi connectivity index (χ3n) is 6.69. The Morgan fingerprint density at radius 1 is 1.20 bits per heavy atom. The first kappa shape index (κ1) is 23.0. The van der Waals surface area contributed by atoms with Crippen LogP contribution in [-0.4, -0.2) is 64.9 Å². The Kier molecular flexibility index (Phi) is 5.78. The number of aryl methyl sites for hydroxylation is 1. The lowest BCUT2D eigenvalue weighted by atomic mass is 9.86. The molecule has 11 nitrogen and oxygen atoms in total. The third-order valence-corrected chi connectivity index (χ3v) is 6.69. The Morgan fingerprint density at radius 2 is 2.03 bits per heavy atom. The van der Waals surface area contributed by atoms with Crippen molar-refractivity contribution in [2.24, 2.45) is 18.9 Å². The summed E-state index contributed by atoms with van der Waals surface area (Å²) < 4.78 is 5.37. The largest absolute Gasteiger partial charge is 0.355 e. The number of rotatable bonds is 5. The number of aromatic nitrogens is 8. The summed E-state index contributed by atoms with van der Waals surface area (Å²) in [5.41, 5.74) is 2.92. The van der Waals surface area contributed by atoms with Gasteiger partial charge in [-0.05, 0) is 45.1 Å².